The molecule has 0 spiro atoms. The summed E-state index contributed by atoms with van der Waals surface area (Å²) in [5.74, 6) is 2.21. The van der Waals surface area contributed by atoms with Gasteiger partial charge in [0.25, 0.3) is 5.91 Å². The Morgan fingerprint density at radius 3 is 2.40 bits per heavy atom. The smallest absolute Gasteiger partial charge is 0.255 e. The maximum absolute atomic E-state index is 12.5. The lowest BCUT2D eigenvalue weighted by Gasteiger charge is -2.42. The van der Waals surface area contributed by atoms with Crippen molar-refractivity contribution >= 4 is 17.3 Å². The maximum atomic E-state index is 12.5. The fourth-order valence-electron chi connectivity index (χ4n) is 5.40. The number of piperidine rings is 2. The Labute approximate surface area is 206 Å². The number of hydrogen-bond donors (Lipinski definition) is 1. The zero-order chi connectivity index (χ0) is 24.2. The topological polar surface area (TPSA) is 75.5 Å². The van der Waals surface area contributed by atoms with E-state index in [0.29, 0.717) is 17.5 Å². The monoisotopic (exact) mass is 474 g/mol. The van der Waals surface area contributed by atoms with Crippen LogP contribution in [-0.2, 0) is 7.05 Å². The van der Waals surface area contributed by atoms with Crippen LogP contribution in [0.4, 0.5) is 11.4 Å². The molecule has 2 aliphatic heterocycles. The Bertz CT molecular complexity index is 1120. The van der Waals surface area contributed by atoms with Crippen LogP contribution in [0.2, 0.25) is 0 Å². The minimum absolute atomic E-state index is 0.123. The second kappa shape index (κ2) is 10.5. The molecule has 1 amide bonds. The normalized spacial score (nSPS) is 19.5. The molecule has 2 aromatic carbocycles. The van der Waals surface area contributed by atoms with Gasteiger partial charge in [0.1, 0.15) is 17.9 Å². The lowest BCUT2D eigenvalue weighted by atomic mass is 9.93. The highest BCUT2D eigenvalue weighted by atomic mass is 16.5. The molecule has 35 heavy (non-hydrogen) atoms. The van der Waals surface area contributed by atoms with E-state index >= 15 is 0 Å². The van der Waals surface area contributed by atoms with E-state index in [0.717, 1.165) is 36.9 Å². The first-order valence-electron chi connectivity index (χ1n) is 12.5. The van der Waals surface area contributed by atoms with Crippen LogP contribution in [0.25, 0.3) is 0 Å². The van der Waals surface area contributed by atoms with Gasteiger partial charge in [0.15, 0.2) is 0 Å². The van der Waals surface area contributed by atoms with E-state index in [2.05, 4.69) is 42.0 Å². The molecule has 1 N–H and O–H groups in total. The number of rotatable bonds is 6. The number of carbonyl (C=O) groups excluding carboxylic acids is 1. The van der Waals surface area contributed by atoms with Crippen LogP contribution in [0.1, 0.15) is 47.8 Å². The molecule has 0 aliphatic carbocycles. The first-order chi connectivity index (χ1) is 17.1. The van der Waals surface area contributed by atoms with Crippen LogP contribution in [0.15, 0.2) is 54.9 Å². The summed E-state index contributed by atoms with van der Waals surface area (Å²) in [7, 11) is 3.66. The summed E-state index contributed by atoms with van der Waals surface area (Å²) in [5.41, 5.74) is 2.62. The SMILES string of the molecule is COc1ccc(C(=O)Nc2ccc(N3CCC(N4CCC[C@H](c5nncn5C)C4)CC3)cc2)cc1. The van der Waals surface area contributed by atoms with Crippen LogP contribution in [0.3, 0.4) is 0 Å². The number of anilines is 2. The van der Waals surface area contributed by atoms with Crippen molar-refractivity contribution < 1.29 is 9.53 Å². The molecule has 1 atom stereocenters. The van der Waals surface area contributed by atoms with E-state index < -0.39 is 0 Å². The molecule has 184 valence electrons. The van der Waals surface area contributed by atoms with Crippen molar-refractivity contribution in [1.29, 1.82) is 0 Å². The highest BCUT2D eigenvalue weighted by Crippen LogP contribution is 2.30. The van der Waals surface area contributed by atoms with Gasteiger partial charge in [0.05, 0.1) is 7.11 Å². The average Bonchev–Trinajstić information content (AvgIpc) is 3.35. The zero-order valence-corrected chi connectivity index (χ0v) is 20.6. The largest absolute Gasteiger partial charge is 0.497 e. The number of nitrogens with one attached hydrogen (secondary N) is 1. The van der Waals surface area contributed by atoms with Crippen molar-refractivity contribution in [3.63, 3.8) is 0 Å². The number of methoxy groups -OCH3 is 1. The van der Waals surface area contributed by atoms with E-state index in [-0.39, 0.29) is 5.91 Å². The Kier molecular flexibility index (Phi) is 6.99. The molecule has 1 aromatic heterocycles. The summed E-state index contributed by atoms with van der Waals surface area (Å²) < 4.78 is 7.23. The second-order valence-electron chi connectivity index (χ2n) is 9.58. The third kappa shape index (κ3) is 5.32. The third-order valence-corrected chi connectivity index (χ3v) is 7.39. The minimum atomic E-state index is -0.123. The van der Waals surface area contributed by atoms with E-state index in [1.54, 1.807) is 31.4 Å². The number of aromatic nitrogens is 3. The summed E-state index contributed by atoms with van der Waals surface area (Å²) in [4.78, 5) is 17.7. The number of nitrogens with zero attached hydrogens (tertiary/aromatic N) is 5. The molecule has 2 saturated heterocycles. The van der Waals surface area contributed by atoms with Gasteiger partial charge in [-0.05, 0) is 80.8 Å². The number of amides is 1. The molecular weight excluding hydrogens is 440 g/mol. The zero-order valence-electron chi connectivity index (χ0n) is 20.6. The number of benzene rings is 2. The molecule has 0 unspecified atom stereocenters. The van der Waals surface area contributed by atoms with Gasteiger partial charge in [-0.25, -0.2) is 0 Å². The van der Waals surface area contributed by atoms with Crippen molar-refractivity contribution in [2.45, 2.75) is 37.6 Å². The summed E-state index contributed by atoms with van der Waals surface area (Å²) in [6.45, 7) is 4.36. The Hall–Kier alpha value is -3.39. The molecule has 5 rings (SSSR count). The van der Waals surface area contributed by atoms with Gasteiger partial charge in [-0.3, -0.25) is 9.69 Å². The molecule has 0 bridgehead atoms. The lowest BCUT2D eigenvalue weighted by molar-refractivity contribution is 0.102. The Balaban J connectivity index is 1.13. The van der Waals surface area contributed by atoms with Crippen LogP contribution in [0.5, 0.6) is 5.75 Å². The summed E-state index contributed by atoms with van der Waals surface area (Å²) in [5, 5.41) is 11.4. The van der Waals surface area contributed by atoms with Gasteiger partial charge < -0.3 is 19.5 Å². The summed E-state index contributed by atoms with van der Waals surface area (Å²) in [6.07, 6.45) is 6.57. The Morgan fingerprint density at radius 1 is 1.00 bits per heavy atom. The number of carbonyl (C=O) groups is 1. The van der Waals surface area contributed by atoms with Crippen LogP contribution >= 0.6 is 0 Å². The van der Waals surface area contributed by atoms with Crippen molar-refractivity contribution in [1.82, 2.24) is 19.7 Å². The number of ether oxygens (including phenoxy) is 1. The average molecular weight is 475 g/mol. The standard InChI is InChI=1S/C27H34N6O2/c1-31-19-28-30-26(31)21-4-3-15-33(18-21)24-13-16-32(17-14-24)23-9-7-22(8-10-23)29-27(34)20-5-11-25(35-2)12-6-20/h5-12,19,21,24H,3-4,13-18H2,1-2H3,(H,29,34)/t21-/m0/s1. The number of likely N-dealkylation sites (tertiary alicyclic amines) is 1. The molecular formula is C27H34N6O2. The third-order valence-electron chi connectivity index (χ3n) is 7.39. The van der Waals surface area contributed by atoms with Crippen LogP contribution in [-0.4, -0.2) is 64.9 Å². The van der Waals surface area contributed by atoms with Crippen LogP contribution < -0.4 is 15.0 Å². The van der Waals surface area contributed by atoms with E-state index in [4.69, 9.17) is 4.74 Å². The van der Waals surface area contributed by atoms with E-state index in [1.807, 2.05) is 25.5 Å². The molecule has 3 aromatic rings. The molecule has 8 heteroatoms. The van der Waals surface area contributed by atoms with Gasteiger partial charge in [-0.15, -0.1) is 10.2 Å². The summed E-state index contributed by atoms with van der Waals surface area (Å²) in [6, 6.07) is 15.9. The lowest BCUT2D eigenvalue weighted by Crippen LogP contribution is -2.48. The van der Waals surface area contributed by atoms with Crippen molar-refractivity contribution in [2.24, 2.45) is 7.05 Å². The van der Waals surface area contributed by atoms with Gasteiger partial charge in [0.2, 0.25) is 0 Å². The predicted octanol–water partition coefficient (Wildman–Crippen LogP) is 3.92. The minimum Gasteiger partial charge on any atom is -0.497 e. The van der Waals surface area contributed by atoms with Crippen LogP contribution in [0, 0.1) is 0 Å². The van der Waals surface area contributed by atoms with E-state index in [9.17, 15) is 4.79 Å². The van der Waals surface area contributed by atoms with Gasteiger partial charge in [0, 0.05) is 55.6 Å². The number of hydrogen-bond acceptors (Lipinski definition) is 6. The fourth-order valence-corrected chi connectivity index (χ4v) is 5.40. The second-order valence-corrected chi connectivity index (χ2v) is 9.58. The molecule has 3 heterocycles. The Morgan fingerprint density at radius 2 is 1.74 bits per heavy atom. The van der Waals surface area contributed by atoms with Crippen molar-refractivity contribution in [3.05, 3.63) is 66.2 Å². The summed E-state index contributed by atoms with van der Waals surface area (Å²) >= 11 is 0. The molecule has 8 nitrogen and oxygen atoms in total. The molecule has 2 fully saturated rings. The molecule has 0 radical (unpaired) electrons. The van der Waals surface area contributed by atoms with Crippen molar-refractivity contribution in [2.75, 3.05) is 43.5 Å². The molecule has 0 saturated carbocycles. The van der Waals surface area contributed by atoms with Gasteiger partial charge >= 0.3 is 0 Å². The van der Waals surface area contributed by atoms with Crippen molar-refractivity contribution in [3.8, 4) is 5.75 Å². The predicted molar refractivity (Wildman–Crippen MR) is 137 cm³/mol. The fraction of sp³-hybridized carbons (Fsp3) is 0.444. The van der Waals surface area contributed by atoms with E-state index in [1.165, 1.54) is 37.9 Å². The first kappa shape index (κ1) is 23.4. The highest BCUT2D eigenvalue weighted by molar-refractivity contribution is 6.04. The van der Waals surface area contributed by atoms with Gasteiger partial charge in [-0.2, -0.15) is 0 Å². The molecule has 2 aliphatic rings. The maximum Gasteiger partial charge on any atom is 0.255 e. The first-order valence-corrected chi connectivity index (χ1v) is 12.5. The quantitative estimate of drug-likeness (QED) is 0.584. The highest BCUT2D eigenvalue weighted by Gasteiger charge is 2.31. The number of aryl methyl sites for hydroxylation is 1. The van der Waals surface area contributed by atoms with Gasteiger partial charge in [-0.1, -0.05) is 0 Å².